The quantitative estimate of drug-likeness (QED) is 0.666. The van der Waals surface area contributed by atoms with Crippen LogP contribution in [0.1, 0.15) is 69.4 Å². The van der Waals surface area contributed by atoms with Crippen LogP contribution >= 0.6 is 0 Å². The summed E-state index contributed by atoms with van der Waals surface area (Å²) in [5.74, 6) is -0.536. The van der Waals surface area contributed by atoms with Gasteiger partial charge in [0.1, 0.15) is 0 Å². The smallest absolute Gasteiger partial charge is 0.243 e. The monoisotopic (exact) mass is 432 g/mol. The predicted molar refractivity (Wildman–Crippen MR) is 114 cm³/mol. The molecule has 1 aromatic rings. The number of carbonyl (C=O) groups is 2. The fraction of sp³-hybridized carbons (Fsp3) is 0.652. The van der Waals surface area contributed by atoms with Crippen LogP contribution in [0.2, 0.25) is 0 Å². The maximum atomic E-state index is 13.5. The predicted octanol–water partition coefficient (Wildman–Crippen LogP) is 3.62. The first-order chi connectivity index (χ1) is 14.3. The van der Waals surface area contributed by atoms with Gasteiger partial charge in [-0.3, -0.25) is 14.5 Å². The Bertz CT molecular complexity index is 919. The molecule has 164 valence electrons. The highest BCUT2D eigenvalue weighted by Crippen LogP contribution is 2.39. The molecule has 3 aliphatic rings. The molecule has 7 heteroatoms. The van der Waals surface area contributed by atoms with E-state index in [0.717, 1.165) is 51.4 Å². The zero-order valence-corrected chi connectivity index (χ0v) is 18.8. The van der Waals surface area contributed by atoms with Gasteiger partial charge in [-0.1, -0.05) is 38.3 Å². The molecule has 2 amide bonds. The van der Waals surface area contributed by atoms with E-state index in [0.29, 0.717) is 22.6 Å². The number of carbonyl (C=O) groups excluding carboxylic acids is 2. The topological polar surface area (TPSA) is 74.8 Å². The van der Waals surface area contributed by atoms with Gasteiger partial charge in [-0.15, -0.1) is 0 Å². The Labute approximate surface area is 179 Å². The van der Waals surface area contributed by atoms with E-state index in [1.807, 2.05) is 19.9 Å². The van der Waals surface area contributed by atoms with Gasteiger partial charge in [-0.2, -0.15) is 4.31 Å². The number of rotatable bonds is 5. The summed E-state index contributed by atoms with van der Waals surface area (Å²) in [4.78, 5) is 27.3. The Morgan fingerprint density at radius 3 is 2.23 bits per heavy atom. The summed E-state index contributed by atoms with van der Waals surface area (Å²) < 4.78 is 28.6. The van der Waals surface area contributed by atoms with E-state index in [9.17, 15) is 18.0 Å². The largest absolute Gasteiger partial charge is 0.278 e. The van der Waals surface area contributed by atoms with E-state index in [2.05, 4.69) is 0 Å². The zero-order valence-electron chi connectivity index (χ0n) is 18.0. The van der Waals surface area contributed by atoms with Crippen molar-refractivity contribution >= 4 is 21.8 Å². The molecule has 1 saturated carbocycles. The van der Waals surface area contributed by atoms with Gasteiger partial charge >= 0.3 is 0 Å². The molecule has 2 heterocycles. The second-order valence-corrected chi connectivity index (χ2v) is 10.9. The summed E-state index contributed by atoms with van der Waals surface area (Å²) in [6, 6.07) is 5.35. The van der Waals surface area contributed by atoms with Crippen LogP contribution in [0.25, 0.3) is 0 Å². The van der Waals surface area contributed by atoms with Crippen LogP contribution in [0.3, 0.4) is 0 Å². The van der Waals surface area contributed by atoms with Gasteiger partial charge in [-0.25, -0.2) is 8.42 Å². The molecule has 0 spiro atoms. The molecule has 0 unspecified atom stereocenters. The van der Waals surface area contributed by atoms with Crippen molar-refractivity contribution in [1.29, 1.82) is 0 Å². The molecule has 0 radical (unpaired) electrons. The van der Waals surface area contributed by atoms with Crippen molar-refractivity contribution in [2.24, 2.45) is 11.8 Å². The summed E-state index contributed by atoms with van der Waals surface area (Å²) in [5, 5.41) is 0. The number of benzene rings is 1. The van der Waals surface area contributed by atoms with Gasteiger partial charge in [0.15, 0.2) is 0 Å². The number of piperidine rings is 1. The molecular weight excluding hydrogens is 400 g/mol. The number of hydrogen-bond acceptors (Lipinski definition) is 4. The van der Waals surface area contributed by atoms with Crippen LogP contribution in [0.5, 0.6) is 0 Å². The Kier molecular flexibility index (Phi) is 6.04. The third-order valence-electron chi connectivity index (χ3n) is 7.16. The molecule has 3 fully saturated rings. The zero-order chi connectivity index (χ0) is 21.5. The Morgan fingerprint density at radius 1 is 0.967 bits per heavy atom. The lowest BCUT2D eigenvalue weighted by Crippen LogP contribution is -2.43. The molecule has 0 bridgehead atoms. The van der Waals surface area contributed by atoms with E-state index in [4.69, 9.17) is 0 Å². The first-order valence-corrected chi connectivity index (χ1v) is 12.7. The summed E-state index contributed by atoms with van der Waals surface area (Å²) in [5.41, 5.74) is 1.40. The first kappa shape index (κ1) is 21.5. The maximum absolute atomic E-state index is 13.5. The molecule has 2 saturated heterocycles. The third kappa shape index (κ3) is 3.71. The number of aryl methyl sites for hydroxylation is 1. The van der Waals surface area contributed by atoms with Crippen molar-refractivity contribution in [3.63, 3.8) is 0 Å². The molecule has 30 heavy (non-hydrogen) atoms. The number of likely N-dealkylation sites (tertiary alicyclic amines) is 1. The highest BCUT2D eigenvalue weighted by atomic mass is 32.2. The molecule has 0 aromatic heterocycles. The molecule has 6 nitrogen and oxygen atoms in total. The molecule has 1 aliphatic carbocycles. The van der Waals surface area contributed by atoms with E-state index in [1.165, 1.54) is 4.90 Å². The summed E-state index contributed by atoms with van der Waals surface area (Å²) in [6.45, 7) is 4.55. The Morgan fingerprint density at radius 2 is 1.60 bits per heavy atom. The number of hydrogen-bond donors (Lipinski definition) is 0. The fourth-order valence-corrected chi connectivity index (χ4v) is 7.46. The van der Waals surface area contributed by atoms with Crippen LogP contribution in [0.4, 0.5) is 0 Å². The minimum atomic E-state index is -3.61. The summed E-state index contributed by atoms with van der Waals surface area (Å²) in [6.07, 6.45) is 7.20. The molecule has 3 atom stereocenters. The van der Waals surface area contributed by atoms with E-state index in [-0.39, 0.29) is 36.2 Å². The minimum Gasteiger partial charge on any atom is -0.278 e. The van der Waals surface area contributed by atoms with Crippen LogP contribution in [0, 0.1) is 18.8 Å². The lowest BCUT2D eigenvalue weighted by Gasteiger charge is -2.34. The van der Waals surface area contributed by atoms with E-state index < -0.39 is 10.0 Å². The first-order valence-electron chi connectivity index (χ1n) is 11.3. The highest BCUT2D eigenvalue weighted by molar-refractivity contribution is 7.89. The van der Waals surface area contributed by atoms with Gasteiger partial charge in [0.2, 0.25) is 21.8 Å². The fourth-order valence-electron chi connectivity index (χ4n) is 5.41. The van der Waals surface area contributed by atoms with Crippen LogP contribution in [-0.4, -0.2) is 42.0 Å². The maximum Gasteiger partial charge on any atom is 0.243 e. The molecule has 0 N–H and O–H groups in total. The van der Waals surface area contributed by atoms with Crippen LogP contribution in [-0.2, 0) is 26.2 Å². The van der Waals surface area contributed by atoms with Crippen LogP contribution < -0.4 is 0 Å². The van der Waals surface area contributed by atoms with Crippen molar-refractivity contribution in [3.8, 4) is 0 Å². The molecule has 1 aromatic carbocycles. The Balaban J connectivity index is 1.61. The van der Waals surface area contributed by atoms with Gasteiger partial charge in [0, 0.05) is 12.6 Å². The molecule has 2 aliphatic heterocycles. The van der Waals surface area contributed by atoms with Gasteiger partial charge in [0.25, 0.3) is 0 Å². The van der Waals surface area contributed by atoms with Crippen molar-refractivity contribution in [1.82, 2.24) is 9.21 Å². The number of amides is 2. The van der Waals surface area contributed by atoms with Gasteiger partial charge in [-0.05, 0) is 56.2 Å². The average molecular weight is 433 g/mol. The van der Waals surface area contributed by atoms with Crippen molar-refractivity contribution in [2.45, 2.75) is 82.7 Å². The van der Waals surface area contributed by atoms with Gasteiger partial charge in [0.05, 0.1) is 23.3 Å². The summed E-state index contributed by atoms with van der Waals surface area (Å²) in [7, 11) is -3.61. The molecular formula is C23H32N2O4S. The van der Waals surface area contributed by atoms with Crippen molar-refractivity contribution < 1.29 is 18.0 Å². The summed E-state index contributed by atoms with van der Waals surface area (Å²) >= 11 is 0. The standard InChI is InChI=1S/C23H32N2O4S/c1-3-18-8-6-7-13-25(18)30(28,29)21-14-17(12-11-16(21)2)15-24-22(26)19-9-4-5-10-20(19)23(24)27/h11-12,14,18-20H,3-10,13,15H2,1-2H3/t18-,19+,20+/m1/s1. The minimum absolute atomic E-state index is 0.0386. The third-order valence-corrected chi connectivity index (χ3v) is 9.25. The second-order valence-electron chi connectivity index (χ2n) is 9.03. The lowest BCUT2D eigenvalue weighted by atomic mass is 9.81. The number of fused-ring (bicyclic) bond motifs is 1. The van der Waals surface area contributed by atoms with Crippen molar-refractivity contribution in [2.75, 3.05) is 6.54 Å². The lowest BCUT2D eigenvalue weighted by molar-refractivity contribution is -0.140. The van der Waals surface area contributed by atoms with Gasteiger partial charge < -0.3 is 0 Å². The number of imide groups is 1. The van der Waals surface area contributed by atoms with E-state index in [1.54, 1.807) is 16.4 Å². The highest BCUT2D eigenvalue weighted by Gasteiger charge is 2.48. The number of sulfonamides is 1. The van der Waals surface area contributed by atoms with E-state index >= 15 is 0 Å². The Hall–Kier alpha value is -1.73. The average Bonchev–Trinajstić information content (AvgIpc) is 3.00. The second kappa shape index (κ2) is 8.42. The van der Waals surface area contributed by atoms with Crippen molar-refractivity contribution in [3.05, 3.63) is 29.3 Å². The van der Waals surface area contributed by atoms with Crippen LogP contribution in [0.15, 0.2) is 23.1 Å². The number of nitrogens with zero attached hydrogens (tertiary/aromatic N) is 2. The normalized spacial score (nSPS) is 28.1. The molecule has 4 rings (SSSR count). The SMILES string of the molecule is CC[C@@H]1CCCCN1S(=O)(=O)c1cc(CN2C(=O)[C@H]3CCCC[C@@H]3C2=O)ccc1C.